The van der Waals surface area contributed by atoms with Crippen LogP contribution in [0.15, 0.2) is 30.5 Å². The number of rotatable bonds is 9. The summed E-state index contributed by atoms with van der Waals surface area (Å²) < 4.78 is 13.5. The molecule has 1 aliphatic rings. The molecule has 4 rings (SSSR count). The van der Waals surface area contributed by atoms with Gasteiger partial charge in [0.2, 0.25) is 0 Å². The first-order chi connectivity index (χ1) is 17.4. The largest absolute Gasteiger partial charge is 0.491 e. The zero-order valence-corrected chi connectivity index (χ0v) is 21.6. The van der Waals surface area contributed by atoms with Crippen LogP contribution in [0.1, 0.15) is 52.1 Å². The van der Waals surface area contributed by atoms with E-state index in [0.717, 1.165) is 73.6 Å². The Bertz CT molecular complexity index is 1160. The van der Waals surface area contributed by atoms with Gasteiger partial charge >= 0.3 is 6.15 Å². The highest BCUT2D eigenvalue weighted by molar-refractivity contribution is 5.95. The monoisotopic (exact) mass is 496 g/mol. The van der Waals surface area contributed by atoms with Crippen LogP contribution in [-0.4, -0.2) is 65.0 Å². The zero-order valence-electron chi connectivity index (χ0n) is 21.6. The fraction of sp³-hybridized carbons (Fsp3) is 0.519. The second-order valence-electron chi connectivity index (χ2n) is 9.03. The van der Waals surface area contributed by atoms with Crippen LogP contribution in [0.3, 0.4) is 0 Å². The fourth-order valence-electron chi connectivity index (χ4n) is 4.52. The topological polar surface area (TPSA) is 107 Å². The number of nitrogens with zero attached hydrogens (tertiary/aromatic N) is 4. The molecule has 0 bridgehead atoms. The summed E-state index contributed by atoms with van der Waals surface area (Å²) in [6.45, 7) is 12.0. The highest BCUT2D eigenvalue weighted by atomic mass is 16.5. The predicted octanol–water partition coefficient (Wildman–Crippen LogP) is 4.03. The molecular weight excluding hydrogens is 460 g/mol. The molecule has 0 aliphatic carbocycles. The normalized spacial score (nSPS) is 14.3. The van der Waals surface area contributed by atoms with Crippen molar-refractivity contribution >= 4 is 22.9 Å². The van der Waals surface area contributed by atoms with E-state index in [1.54, 1.807) is 0 Å². The molecule has 1 fully saturated rings. The van der Waals surface area contributed by atoms with Gasteiger partial charge in [-0.3, -0.25) is 0 Å². The van der Waals surface area contributed by atoms with Gasteiger partial charge in [-0.25, -0.2) is 9.67 Å². The first-order valence-corrected chi connectivity index (χ1v) is 12.6. The number of fused-ring (bicyclic) bond motifs is 1. The lowest BCUT2D eigenvalue weighted by molar-refractivity contribution is -0.191. The van der Waals surface area contributed by atoms with Crippen molar-refractivity contribution in [3.8, 4) is 17.0 Å². The fourth-order valence-corrected chi connectivity index (χ4v) is 4.52. The standard InChI is InChI=1S/C26H36N4O3.CO2/c1-5-8-20(31)17-33-21-10-7-9-19(15-21)24-22(6-2)25(29-11-13-32-14-12-29)23-16-27-30(18(3)4)26(23)28-24;2-1-3/h7,9-10,15-16,18,20,31H,5-6,8,11-14,17H2,1-4H3;. The van der Waals surface area contributed by atoms with Crippen molar-refractivity contribution in [3.63, 3.8) is 0 Å². The lowest BCUT2D eigenvalue weighted by Gasteiger charge is -2.32. The molecule has 0 spiro atoms. The minimum absolute atomic E-state index is 0.211. The van der Waals surface area contributed by atoms with Crippen molar-refractivity contribution in [1.29, 1.82) is 0 Å². The number of carbonyl (C=O) groups excluding carboxylic acids is 2. The SMILES string of the molecule is CCCC(O)COc1cccc(-c2nc3c(cnn3C(C)C)c(N3CCOCC3)c2CC)c1.O=C=O. The molecule has 0 radical (unpaired) electrons. The van der Waals surface area contributed by atoms with Crippen LogP contribution >= 0.6 is 0 Å². The van der Waals surface area contributed by atoms with Crippen LogP contribution in [0.4, 0.5) is 5.69 Å². The van der Waals surface area contributed by atoms with E-state index in [1.165, 1.54) is 11.3 Å². The molecule has 0 amide bonds. The summed E-state index contributed by atoms with van der Waals surface area (Å²) in [6.07, 6.45) is 4.29. The molecule has 3 heterocycles. The minimum atomic E-state index is -0.451. The van der Waals surface area contributed by atoms with Crippen molar-refractivity contribution in [2.24, 2.45) is 0 Å². The lowest BCUT2D eigenvalue weighted by Crippen LogP contribution is -2.37. The summed E-state index contributed by atoms with van der Waals surface area (Å²) >= 11 is 0. The Morgan fingerprint density at radius 1 is 1.19 bits per heavy atom. The number of hydrogen-bond acceptors (Lipinski definition) is 8. The van der Waals surface area contributed by atoms with Crippen molar-refractivity contribution in [3.05, 3.63) is 36.0 Å². The Labute approximate surface area is 212 Å². The third-order valence-electron chi connectivity index (χ3n) is 6.16. The number of ether oxygens (including phenoxy) is 2. The number of anilines is 1. The predicted molar refractivity (Wildman–Crippen MR) is 137 cm³/mol. The maximum atomic E-state index is 10.1. The van der Waals surface area contributed by atoms with Crippen LogP contribution in [-0.2, 0) is 20.7 Å². The molecule has 194 valence electrons. The summed E-state index contributed by atoms with van der Waals surface area (Å²) in [6, 6.07) is 8.26. The Morgan fingerprint density at radius 2 is 1.92 bits per heavy atom. The lowest BCUT2D eigenvalue weighted by atomic mass is 9.99. The molecule has 3 aromatic rings. The second-order valence-corrected chi connectivity index (χ2v) is 9.03. The Kier molecular flexibility index (Phi) is 9.99. The molecule has 1 aromatic carbocycles. The average molecular weight is 497 g/mol. The second kappa shape index (κ2) is 13.2. The van der Waals surface area contributed by atoms with Crippen LogP contribution < -0.4 is 9.64 Å². The van der Waals surface area contributed by atoms with E-state index in [9.17, 15) is 5.11 Å². The van der Waals surface area contributed by atoms with Gasteiger partial charge in [0.1, 0.15) is 12.4 Å². The van der Waals surface area contributed by atoms with Gasteiger partial charge in [-0.2, -0.15) is 14.7 Å². The number of aliphatic hydroxyl groups is 1. The average Bonchev–Trinajstić information content (AvgIpc) is 3.32. The minimum Gasteiger partial charge on any atom is -0.491 e. The smallest absolute Gasteiger partial charge is 0.373 e. The molecule has 9 nitrogen and oxygen atoms in total. The summed E-state index contributed by atoms with van der Waals surface area (Å²) in [4.78, 5) is 23.8. The van der Waals surface area contributed by atoms with E-state index < -0.39 is 6.10 Å². The van der Waals surface area contributed by atoms with Crippen molar-refractivity contribution < 1.29 is 24.2 Å². The van der Waals surface area contributed by atoms with Gasteiger partial charge in [0.25, 0.3) is 0 Å². The molecular formula is C27H36N4O5. The third kappa shape index (κ3) is 6.29. The number of aromatic nitrogens is 3. The first-order valence-electron chi connectivity index (χ1n) is 12.6. The number of benzene rings is 1. The molecule has 0 saturated carbocycles. The van der Waals surface area contributed by atoms with E-state index in [1.807, 2.05) is 29.1 Å². The van der Waals surface area contributed by atoms with Gasteiger partial charge in [-0.1, -0.05) is 32.4 Å². The van der Waals surface area contributed by atoms with Gasteiger partial charge in [-0.05, 0) is 38.8 Å². The van der Waals surface area contributed by atoms with Gasteiger partial charge in [-0.15, -0.1) is 0 Å². The van der Waals surface area contributed by atoms with Crippen LogP contribution in [0.2, 0.25) is 0 Å². The maximum absolute atomic E-state index is 10.1. The molecule has 2 aromatic heterocycles. The van der Waals surface area contributed by atoms with Gasteiger partial charge in [0, 0.05) is 30.3 Å². The highest BCUT2D eigenvalue weighted by Crippen LogP contribution is 2.38. The molecule has 1 unspecified atom stereocenters. The summed E-state index contributed by atoms with van der Waals surface area (Å²) in [5.74, 6) is 0.747. The van der Waals surface area contributed by atoms with Gasteiger partial charge < -0.3 is 19.5 Å². The van der Waals surface area contributed by atoms with E-state index in [0.29, 0.717) is 6.61 Å². The molecule has 9 heteroatoms. The molecule has 1 aliphatic heterocycles. The summed E-state index contributed by atoms with van der Waals surface area (Å²) in [5.41, 5.74) is 5.33. The van der Waals surface area contributed by atoms with Crippen LogP contribution in [0.5, 0.6) is 5.75 Å². The van der Waals surface area contributed by atoms with Gasteiger partial charge in [0.15, 0.2) is 5.65 Å². The quantitative estimate of drug-likeness (QED) is 0.473. The Morgan fingerprint density at radius 3 is 2.56 bits per heavy atom. The molecule has 1 N–H and O–H groups in total. The van der Waals surface area contributed by atoms with Crippen molar-refractivity contribution in [1.82, 2.24) is 14.8 Å². The number of pyridine rings is 1. The van der Waals surface area contributed by atoms with E-state index in [-0.39, 0.29) is 12.2 Å². The van der Waals surface area contributed by atoms with Gasteiger partial charge in [0.05, 0.1) is 42.3 Å². The third-order valence-corrected chi connectivity index (χ3v) is 6.16. The number of hydrogen-bond donors (Lipinski definition) is 1. The Hall–Kier alpha value is -3.26. The van der Waals surface area contributed by atoms with Crippen molar-refractivity contribution in [2.45, 2.75) is 59.1 Å². The van der Waals surface area contributed by atoms with E-state index >= 15 is 0 Å². The molecule has 36 heavy (non-hydrogen) atoms. The maximum Gasteiger partial charge on any atom is 0.373 e. The number of morpholine rings is 1. The highest BCUT2D eigenvalue weighted by Gasteiger charge is 2.24. The Balaban J connectivity index is 0.00000115. The zero-order chi connectivity index (χ0) is 26.1. The molecule has 1 atom stereocenters. The summed E-state index contributed by atoms with van der Waals surface area (Å²) in [5, 5.41) is 15.9. The van der Waals surface area contributed by atoms with E-state index in [4.69, 9.17) is 24.0 Å². The van der Waals surface area contributed by atoms with Crippen LogP contribution in [0.25, 0.3) is 22.3 Å². The molecule has 1 saturated heterocycles. The van der Waals surface area contributed by atoms with Crippen molar-refractivity contribution in [2.75, 3.05) is 37.8 Å². The number of aliphatic hydroxyl groups excluding tert-OH is 1. The summed E-state index contributed by atoms with van der Waals surface area (Å²) in [7, 11) is 0. The first kappa shape index (κ1) is 27.3. The van der Waals surface area contributed by atoms with Crippen LogP contribution in [0, 0.1) is 0 Å². The van der Waals surface area contributed by atoms with E-state index in [2.05, 4.69) is 43.8 Å².